The van der Waals surface area contributed by atoms with E-state index in [0.717, 1.165) is 22.6 Å². The van der Waals surface area contributed by atoms with E-state index in [1.807, 2.05) is 55.5 Å². The summed E-state index contributed by atoms with van der Waals surface area (Å²) in [6, 6.07) is 13.9. The minimum absolute atomic E-state index is 0.152. The predicted octanol–water partition coefficient (Wildman–Crippen LogP) is 5.05. The lowest BCUT2D eigenvalue weighted by Gasteiger charge is -2.09. The van der Waals surface area contributed by atoms with Crippen LogP contribution >= 0.6 is 0 Å². The number of ether oxygens (including phenoxy) is 1. The Hall–Kier alpha value is -2.81. The topological polar surface area (TPSA) is 38.3 Å². The van der Waals surface area contributed by atoms with E-state index in [9.17, 15) is 4.79 Å². The van der Waals surface area contributed by atoms with Crippen LogP contribution < -0.4 is 10.1 Å². The SMILES string of the molecule is Cc1ccc2c(c1)OC=CC(C(=O)Nc1ccc(C(C)C)cc1)=C2. The van der Waals surface area contributed by atoms with Crippen molar-refractivity contribution >= 4 is 17.7 Å². The summed E-state index contributed by atoms with van der Waals surface area (Å²) in [5, 5.41) is 2.93. The van der Waals surface area contributed by atoms with Gasteiger partial charge in [0.1, 0.15) is 5.75 Å². The van der Waals surface area contributed by atoms with Gasteiger partial charge >= 0.3 is 0 Å². The van der Waals surface area contributed by atoms with E-state index >= 15 is 0 Å². The molecule has 1 amide bonds. The number of fused-ring (bicyclic) bond motifs is 1. The van der Waals surface area contributed by atoms with E-state index in [2.05, 4.69) is 19.2 Å². The van der Waals surface area contributed by atoms with Crippen LogP contribution in [0.4, 0.5) is 5.69 Å². The fourth-order valence-electron chi connectivity index (χ4n) is 2.56. The molecule has 0 aliphatic carbocycles. The molecule has 0 saturated heterocycles. The molecule has 0 bridgehead atoms. The first kappa shape index (κ1) is 16.1. The number of carbonyl (C=O) groups excluding carboxylic acids is 1. The van der Waals surface area contributed by atoms with E-state index in [1.165, 1.54) is 5.56 Å². The van der Waals surface area contributed by atoms with Gasteiger partial charge in [0.05, 0.1) is 6.26 Å². The van der Waals surface area contributed by atoms with Crippen LogP contribution in [-0.4, -0.2) is 5.91 Å². The third-order valence-corrected chi connectivity index (χ3v) is 4.02. The molecule has 1 heterocycles. The molecule has 3 nitrogen and oxygen atoms in total. The fraction of sp³-hybridized carbons (Fsp3) is 0.190. The second-order valence-electron chi connectivity index (χ2n) is 6.29. The number of hydrogen-bond acceptors (Lipinski definition) is 2. The Kier molecular flexibility index (Phi) is 4.52. The highest BCUT2D eigenvalue weighted by Crippen LogP contribution is 2.26. The zero-order valence-electron chi connectivity index (χ0n) is 14.2. The number of amides is 1. The van der Waals surface area contributed by atoms with Gasteiger partial charge in [-0.3, -0.25) is 4.79 Å². The summed E-state index contributed by atoms with van der Waals surface area (Å²) < 4.78 is 5.59. The normalized spacial score (nSPS) is 12.9. The summed E-state index contributed by atoms with van der Waals surface area (Å²) in [7, 11) is 0. The summed E-state index contributed by atoms with van der Waals surface area (Å²) in [5.74, 6) is 1.08. The van der Waals surface area contributed by atoms with E-state index in [0.29, 0.717) is 11.5 Å². The van der Waals surface area contributed by atoms with E-state index in [4.69, 9.17) is 4.74 Å². The number of nitrogens with one attached hydrogen (secondary N) is 1. The van der Waals surface area contributed by atoms with Crippen molar-refractivity contribution in [3.05, 3.63) is 77.1 Å². The Morgan fingerprint density at radius 2 is 1.83 bits per heavy atom. The minimum atomic E-state index is -0.152. The summed E-state index contributed by atoms with van der Waals surface area (Å²) in [6.07, 6.45) is 5.09. The molecule has 2 aromatic rings. The molecule has 1 aliphatic rings. The van der Waals surface area contributed by atoms with Crippen molar-refractivity contribution in [3.63, 3.8) is 0 Å². The van der Waals surface area contributed by atoms with Crippen molar-refractivity contribution in [1.82, 2.24) is 0 Å². The third-order valence-electron chi connectivity index (χ3n) is 4.02. The van der Waals surface area contributed by atoms with Crippen molar-refractivity contribution in [2.24, 2.45) is 0 Å². The van der Waals surface area contributed by atoms with Gasteiger partial charge < -0.3 is 10.1 Å². The van der Waals surface area contributed by atoms with Crippen molar-refractivity contribution < 1.29 is 9.53 Å². The van der Waals surface area contributed by atoms with E-state index in [1.54, 1.807) is 12.3 Å². The Morgan fingerprint density at radius 1 is 1.08 bits per heavy atom. The van der Waals surface area contributed by atoms with Gasteiger partial charge in [-0.25, -0.2) is 0 Å². The standard InChI is InChI=1S/C21H21NO2/c1-14(2)16-6-8-19(9-7-16)22-21(23)18-10-11-24-20-12-15(3)4-5-17(20)13-18/h4-14H,1-3H3,(H,22,23). The molecule has 0 unspecified atom stereocenters. The molecule has 0 aromatic heterocycles. The highest BCUT2D eigenvalue weighted by molar-refractivity contribution is 6.09. The molecule has 0 atom stereocenters. The summed E-state index contributed by atoms with van der Waals surface area (Å²) >= 11 is 0. The number of anilines is 1. The monoisotopic (exact) mass is 319 g/mol. The number of aryl methyl sites for hydroxylation is 1. The molecular weight excluding hydrogens is 298 g/mol. The van der Waals surface area contributed by atoms with Gasteiger partial charge in [-0.15, -0.1) is 0 Å². The zero-order chi connectivity index (χ0) is 17.1. The Bertz CT molecular complexity index is 814. The molecule has 3 heteroatoms. The van der Waals surface area contributed by atoms with Crippen LogP contribution in [0.1, 0.15) is 36.5 Å². The second-order valence-corrected chi connectivity index (χ2v) is 6.29. The molecule has 1 aliphatic heterocycles. The Balaban J connectivity index is 1.80. The lowest BCUT2D eigenvalue weighted by Crippen LogP contribution is -2.13. The fourth-order valence-corrected chi connectivity index (χ4v) is 2.56. The highest BCUT2D eigenvalue weighted by atomic mass is 16.5. The summed E-state index contributed by atoms with van der Waals surface area (Å²) in [4.78, 5) is 12.5. The maximum absolute atomic E-state index is 12.5. The minimum Gasteiger partial charge on any atom is -0.464 e. The van der Waals surface area contributed by atoms with Crippen molar-refractivity contribution in [3.8, 4) is 5.75 Å². The molecule has 2 aromatic carbocycles. The highest BCUT2D eigenvalue weighted by Gasteiger charge is 2.12. The van der Waals surface area contributed by atoms with Gasteiger partial charge in [0, 0.05) is 16.8 Å². The smallest absolute Gasteiger partial charge is 0.255 e. The van der Waals surface area contributed by atoms with Gasteiger partial charge in [-0.2, -0.15) is 0 Å². The number of carbonyl (C=O) groups is 1. The van der Waals surface area contributed by atoms with E-state index in [-0.39, 0.29) is 5.91 Å². The van der Waals surface area contributed by atoms with Crippen LogP contribution in [-0.2, 0) is 4.79 Å². The average molecular weight is 319 g/mol. The summed E-state index contributed by atoms with van der Waals surface area (Å²) in [6.45, 7) is 6.30. The Labute approximate surface area is 142 Å². The second kappa shape index (κ2) is 6.75. The van der Waals surface area contributed by atoms with Gasteiger partial charge in [-0.05, 0) is 54.3 Å². The maximum Gasteiger partial charge on any atom is 0.255 e. The molecule has 122 valence electrons. The van der Waals surface area contributed by atoms with Gasteiger partial charge in [0.15, 0.2) is 0 Å². The average Bonchev–Trinajstić information content (AvgIpc) is 2.77. The van der Waals surface area contributed by atoms with Crippen LogP contribution in [0.3, 0.4) is 0 Å². The quantitative estimate of drug-likeness (QED) is 0.860. The Morgan fingerprint density at radius 3 is 2.54 bits per heavy atom. The molecular formula is C21H21NO2. The predicted molar refractivity (Wildman–Crippen MR) is 98.1 cm³/mol. The van der Waals surface area contributed by atoms with Crippen molar-refractivity contribution in [2.75, 3.05) is 5.32 Å². The maximum atomic E-state index is 12.5. The zero-order valence-corrected chi connectivity index (χ0v) is 14.2. The first-order valence-corrected chi connectivity index (χ1v) is 8.10. The molecule has 24 heavy (non-hydrogen) atoms. The number of rotatable bonds is 3. The van der Waals surface area contributed by atoms with Crippen LogP contribution in [0, 0.1) is 6.92 Å². The molecule has 0 radical (unpaired) electrons. The molecule has 0 fully saturated rings. The van der Waals surface area contributed by atoms with Gasteiger partial charge in [-0.1, -0.05) is 38.1 Å². The first-order chi connectivity index (χ1) is 11.5. The molecule has 0 saturated carbocycles. The molecule has 1 N–H and O–H groups in total. The number of benzene rings is 2. The lowest BCUT2D eigenvalue weighted by molar-refractivity contribution is -0.112. The van der Waals surface area contributed by atoms with Crippen LogP contribution in [0.5, 0.6) is 5.75 Å². The first-order valence-electron chi connectivity index (χ1n) is 8.10. The largest absolute Gasteiger partial charge is 0.464 e. The van der Waals surface area contributed by atoms with Crippen LogP contribution in [0.25, 0.3) is 6.08 Å². The van der Waals surface area contributed by atoms with Gasteiger partial charge in [0.25, 0.3) is 5.91 Å². The van der Waals surface area contributed by atoms with Crippen molar-refractivity contribution in [1.29, 1.82) is 0 Å². The molecule has 0 spiro atoms. The number of hydrogen-bond donors (Lipinski definition) is 1. The molecule has 3 rings (SSSR count). The van der Waals surface area contributed by atoms with Crippen LogP contribution in [0.2, 0.25) is 0 Å². The lowest BCUT2D eigenvalue weighted by atomic mass is 10.0. The van der Waals surface area contributed by atoms with Crippen molar-refractivity contribution in [2.45, 2.75) is 26.7 Å². The third kappa shape index (κ3) is 3.57. The van der Waals surface area contributed by atoms with Crippen LogP contribution in [0.15, 0.2) is 60.4 Å². The summed E-state index contributed by atoms with van der Waals surface area (Å²) in [5.41, 5.74) is 4.61. The van der Waals surface area contributed by atoms with E-state index < -0.39 is 0 Å². The van der Waals surface area contributed by atoms with Gasteiger partial charge in [0.2, 0.25) is 0 Å².